The number of carbonyl (C=O) groups is 1. The van der Waals surface area contributed by atoms with E-state index in [0.717, 1.165) is 6.07 Å². The molecular weight excluding hydrogens is 288 g/mol. The number of nitrogens with one attached hydrogen (secondary N) is 1. The summed E-state index contributed by atoms with van der Waals surface area (Å²) in [4.78, 5) is 11.3. The molecule has 0 amide bonds. The molecule has 1 unspecified atom stereocenters. The van der Waals surface area contributed by atoms with Crippen LogP contribution in [0.1, 0.15) is 11.6 Å². The Bertz CT molecular complexity index is 611. The van der Waals surface area contributed by atoms with Gasteiger partial charge in [0.05, 0.1) is 10.7 Å². The minimum atomic E-state index is -1.20. The van der Waals surface area contributed by atoms with Crippen molar-refractivity contribution < 1.29 is 18.7 Å². The minimum absolute atomic E-state index is 0.218. The molecule has 2 N–H and O–H groups in total. The van der Waals surface area contributed by atoms with Crippen LogP contribution in [0, 0.1) is 11.6 Å². The first kappa shape index (κ1) is 14.3. The van der Waals surface area contributed by atoms with Crippen LogP contribution in [0.4, 0.5) is 14.5 Å². The third kappa shape index (κ3) is 3.05. The van der Waals surface area contributed by atoms with Gasteiger partial charge in [-0.15, -0.1) is 0 Å². The standard InChI is InChI=1S/C14H10ClF2NO2/c15-10-6-9(16)7-11(17)13(10)18-12(14(19)20)8-4-2-1-3-5-8/h1-7,12,18H,(H,19,20). The second-order valence-corrected chi connectivity index (χ2v) is 4.48. The van der Waals surface area contributed by atoms with E-state index in [1.807, 2.05) is 0 Å². The van der Waals surface area contributed by atoms with Gasteiger partial charge in [0.1, 0.15) is 5.82 Å². The van der Waals surface area contributed by atoms with Crippen molar-refractivity contribution in [1.82, 2.24) is 0 Å². The smallest absolute Gasteiger partial charge is 0.330 e. The molecule has 0 spiro atoms. The lowest BCUT2D eigenvalue weighted by molar-refractivity contribution is -0.138. The lowest BCUT2D eigenvalue weighted by Crippen LogP contribution is -2.21. The third-order valence-corrected chi connectivity index (χ3v) is 2.97. The van der Waals surface area contributed by atoms with Crippen LogP contribution in [-0.2, 0) is 4.79 Å². The molecule has 0 fully saturated rings. The molecule has 0 radical (unpaired) electrons. The fourth-order valence-corrected chi connectivity index (χ4v) is 2.01. The van der Waals surface area contributed by atoms with Gasteiger partial charge in [-0.25, -0.2) is 13.6 Å². The van der Waals surface area contributed by atoms with Crippen molar-refractivity contribution in [2.45, 2.75) is 6.04 Å². The van der Waals surface area contributed by atoms with Crippen LogP contribution >= 0.6 is 11.6 Å². The van der Waals surface area contributed by atoms with Crippen molar-refractivity contribution in [2.75, 3.05) is 5.32 Å². The van der Waals surface area contributed by atoms with Crippen LogP contribution in [0.25, 0.3) is 0 Å². The fourth-order valence-electron chi connectivity index (χ4n) is 1.76. The molecule has 0 aliphatic rings. The molecule has 2 rings (SSSR count). The molecule has 0 heterocycles. The number of hydrogen-bond donors (Lipinski definition) is 2. The zero-order valence-electron chi connectivity index (χ0n) is 10.1. The molecule has 0 aliphatic heterocycles. The first-order valence-corrected chi connectivity index (χ1v) is 6.05. The monoisotopic (exact) mass is 297 g/mol. The highest BCUT2D eigenvalue weighted by Crippen LogP contribution is 2.30. The Morgan fingerprint density at radius 3 is 2.40 bits per heavy atom. The maximum Gasteiger partial charge on any atom is 0.330 e. The summed E-state index contributed by atoms with van der Waals surface area (Å²) < 4.78 is 26.6. The van der Waals surface area contributed by atoms with Gasteiger partial charge < -0.3 is 10.4 Å². The maximum atomic E-state index is 13.7. The van der Waals surface area contributed by atoms with Gasteiger partial charge in [-0.05, 0) is 11.6 Å². The fraction of sp³-hybridized carbons (Fsp3) is 0.0714. The summed E-state index contributed by atoms with van der Waals surface area (Å²) in [5.41, 5.74) is 0.184. The Kier molecular flexibility index (Phi) is 4.20. The molecule has 3 nitrogen and oxygen atoms in total. The van der Waals surface area contributed by atoms with Crippen molar-refractivity contribution in [2.24, 2.45) is 0 Å². The molecule has 2 aromatic carbocycles. The van der Waals surface area contributed by atoms with Gasteiger partial charge in [0.15, 0.2) is 11.9 Å². The summed E-state index contributed by atoms with van der Waals surface area (Å²) in [7, 11) is 0. The molecule has 1 atom stereocenters. The summed E-state index contributed by atoms with van der Waals surface area (Å²) in [6.07, 6.45) is 0. The third-order valence-electron chi connectivity index (χ3n) is 2.68. The zero-order valence-corrected chi connectivity index (χ0v) is 10.9. The van der Waals surface area contributed by atoms with E-state index >= 15 is 0 Å². The van der Waals surface area contributed by atoms with E-state index in [-0.39, 0.29) is 10.7 Å². The molecule has 0 aromatic heterocycles. The average molecular weight is 298 g/mol. The van der Waals surface area contributed by atoms with E-state index in [9.17, 15) is 18.7 Å². The number of carboxylic acid groups (broad SMARTS) is 1. The van der Waals surface area contributed by atoms with Gasteiger partial charge in [0.2, 0.25) is 0 Å². The van der Waals surface area contributed by atoms with Gasteiger partial charge in [0.25, 0.3) is 0 Å². The molecule has 20 heavy (non-hydrogen) atoms. The minimum Gasteiger partial charge on any atom is -0.479 e. The van der Waals surface area contributed by atoms with Gasteiger partial charge >= 0.3 is 5.97 Å². The highest BCUT2D eigenvalue weighted by atomic mass is 35.5. The van der Waals surface area contributed by atoms with Crippen LogP contribution in [-0.4, -0.2) is 11.1 Å². The molecule has 2 aromatic rings. The highest BCUT2D eigenvalue weighted by molar-refractivity contribution is 6.33. The largest absolute Gasteiger partial charge is 0.479 e. The summed E-state index contributed by atoms with van der Waals surface area (Å²) in [6, 6.07) is 8.59. The van der Waals surface area contributed by atoms with Gasteiger partial charge in [-0.1, -0.05) is 41.9 Å². The molecule has 104 valence electrons. The van der Waals surface area contributed by atoms with Gasteiger partial charge in [-0.3, -0.25) is 0 Å². The normalized spacial score (nSPS) is 11.9. The molecule has 0 bridgehead atoms. The molecule has 0 aliphatic carbocycles. The predicted molar refractivity (Wildman–Crippen MR) is 71.8 cm³/mol. The summed E-state index contributed by atoms with van der Waals surface area (Å²) >= 11 is 5.74. The number of rotatable bonds is 4. The summed E-state index contributed by atoms with van der Waals surface area (Å²) in [5, 5.41) is 11.5. The van der Waals surface area contributed by atoms with E-state index in [1.54, 1.807) is 30.3 Å². The lowest BCUT2D eigenvalue weighted by atomic mass is 10.1. The number of benzene rings is 2. The Morgan fingerprint density at radius 2 is 1.85 bits per heavy atom. The summed E-state index contributed by atoms with van der Waals surface area (Å²) in [5.74, 6) is -2.97. The van der Waals surface area contributed by atoms with Gasteiger partial charge in [-0.2, -0.15) is 0 Å². The lowest BCUT2D eigenvalue weighted by Gasteiger charge is -2.17. The SMILES string of the molecule is O=C(O)C(Nc1c(F)cc(F)cc1Cl)c1ccccc1. The van der Waals surface area contributed by atoms with Crippen LogP contribution in [0.15, 0.2) is 42.5 Å². The number of carboxylic acids is 1. The molecular formula is C14H10ClF2NO2. The van der Waals surface area contributed by atoms with Crippen LogP contribution in [0.2, 0.25) is 5.02 Å². The van der Waals surface area contributed by atoms with Gasteiger partial charge in [0, 0.05) is 6.07 Å². The quantitative estimate of drug-likeness (QED) is 0.901. The Labute approximate surface area is 118 Å². The number of halogens is 3. The zero-order chi connectivity index (χ0) is 14.7. The average Bonchev–Trinajstić information content (AvgIpc) is 2.38. The second kappa shape index (κ2) is 5.88. The number of anilines is 1. The van der Waals surface area contributed by atoms with E-state index in [1.165, 1.54) is 0 Å². The van der Waals surface area contributed by atoms with E-state index in [0.29, 0.717) is 11.6 Å². The van der Waals surface area contributed by atoms with Crippen LogP contribution in [0.3, 0.4) is 0 Å². The van der Waals surface area contributed by atoms with Crippen molar-refractivity contribution in [3.05, 3.63) is 64.7 Å². The Hall–Kier alpha value is -2.14. The molecule has 0 saturated carbocycles. The first-order chi connectivity index (χ1) is 9.49. The molecule has 6 heteroatoms. The Morgan fingerprint density at radius 1 is 1.20 bits per heavy atom. The predicted octanol–water partition coefficient (Wildman–Crippen LogP) is 3.86. The van der Waals surface area contributed by atoms with E-state index in [2.05, 4.69) is 5.32 Å². The van der Waals surface area contributed by atoms with Crippen LogP contribution < -0.4 is 5.32 Å². The van der Waals surface area contributed by atoms with Crippen molar-refractivity contribution >= 4 is 23.3 Å². The summed E-state index contributed by atoms with van der Waals surface area (Å²) in [6.45, 7) is 0. The number of aliphatic carboxylic acids is 1. The van der Waals surface area contributed by atoms with Crippen molar-refractivity contribution in [3.63, 3.8) is 0 Å². The number of hydrogen-bond acceptors (Lipinski definition) is 2. The van der Waals surface area contributed by atoms with Crippen molar-refractivity contribution in [1.29, 1.82) is 0 Å². The second-order valence-electron chi connectivity index (χ2n) is 4.07. The van der Waals surface area contributed by atoms with Crippen LogP contribution in [0.5, 0.6) is 0 Å². The van der Waals surface area contributed by atoms with Crippen molar-refractivity contribution in [3.8, 4) is 0 Å². The highest BCUT2D eigenvalue weighted by Gasteiger charge is 2.22. The maximum absolute atomic E-state index is 13.7. The van der Waals surface area contributed by atoms with E-state index < -0.39 is 23.6 Å². The Balaban J connectivity index is 2.38. The van der Waals surface area contributed by atoms with E-state index in [4.69, 9.17) is 11.6 Å². The first-order valence-electron chi connectivity index (χ1n) is 5.68. The molecule has 0 saturated heterocycles. The topological polar surface area (TPSA) is 49.3 Å².